The molecule has 1 N–H and O–H groups in total. The van der Waals surface area contributed by atoms with Crippen molar-refractivity contribution in [3.8, 4) is 11.4 Å². The van der Waals surface area contributed by atoms with Gasteiger partial charge in [0.05, 0.1) is 18.2 Å². The van der Waals surface area contributed by atoms with E-state index in [0.717, 1.165) is 39.0 Å². The lowest BCUT2D eigenvalue weighted by molar-refractivity contribution is 0.415. The average Bonchev–Trinajstić information content (AvgIpc) is 3.09. The van der Waals surface area contributed by atoms with Crippen LogP contribution in [0.1, 0.15) is 0 Å². The molecule has 0 saturated heterocycles. The van der Waals surface area contributed by atoms with E-state index < -0.39 is 0 Å². The number of hydrogen-bond acceptors (Lipinski definition) is 6. The number of para-hydroxylation sites is 1. The lowest BCUT2D eigenvalue weighted by Gasteiger charge is -2.08. The number of thioether (sulfide) groups is 1. The zero-order valence-electron chi connectivity index (χ0n) is 14.4. The van der Waals surface area contributed by atoms with Crippen LogP contribution >= 0.6 is 11.8 Å². The van der Waals surface area contributed by atoms with Crippen LogP contribution < -0.4 is 10.1 Å². The summed E-state index contributed by atoms with van der Waals surface area (Å²) in [6.07, 6.45) is 3.56. The number of anilines is 2. The second kappa shape index (κ2) is 7.05. The van der Waals surface area contributed by atoms with E-state index in [-0.39, 0.29) is 0 Å². The van der Waals surface area contributed by atoms with E-state index in [1.165, 1.54) is 0 Å². The van der Waals surface area contributed by atoms with Crippen LogP contribution in [0.2, 0.25) is 0 Å². The van der Waals surface area contributed by atoms with E-state index in [1.54, 1.807) is 25.2 Å². The van der Waals surface area contributed by atoms with E-state index >= 15 is 0 Å². The molecule has 0 fully saturated rings. The summed E-state index contributed by atoms with van der Waals surface area (Å²) in [7, 11) is 1.65. The third-order valence-corrected chi connectivity index (χ3v) is 4.65. The van der Waals surface area contributed by atoms with Crippen molar-refractivity contribution in [2.75, 3.05) is 18.7 Å². The van der Waals surface area contributed by atoms with Gasteiger partial charge in [0.15, 0.2) is 5.65 Å². The van der Waals surface area contributed by atoms with E-state index in [9.17, 15) is 0 Å². The van der Waals surface area contributed by atoms with Crippen LogP contribution in [0.5, 0.6) is 5.75 Å². The van der Waals surface area contributed by atoms with Gasteiger partial charge in [0.2, 0.25) is 0 Å². The van der Waals surface area contributed by atoms with Crippen molar-refractivity contribution in [2.24, 2.45) is 0 Å². The maximum absolute atomic E-state index is 5.21. The molecule has 7 heteroatoms. The van der Waals surface area contributed by atoms with Crippen LogP contribution in [0, 0.1) is 0 Å². The smallest absolute Gasteiger partial charge is 0.169 e. The van der Waals surface area contributed by atoms with Gasteiger partial charge in [-0.25, -0.2) is 14.6 Å². The van der Waals surface area contributed by atoms with Crippen LogP contribution in [0.4, 0.5) is 11.5 Å². The summed E-state index contributed by atoms with van der Waals surface area (Å²) in [5.41, 5.74) is 2.66. The molecule has 0 spiro atoms. The minimum absolute atomic E-state index is 0.728. The summed E-state index contributed by atoms with van der Waals surface area (Å²) in [5.74, 6) is 1.54. The zero-order chi connectivity index (χ0) is 17.9. The summed E-state index contributed by atoms with van der Waals surface area (Å²) >= 11 is 1.57. The van der Waals surface area contributed by atoms with Gasteiger partial charge in [0.25, 0.3) is 0 Å². The van der Waals surface area contributed by atoms with Gasteiger partial charge in [-0.15, -0.1) is 11.8 Å². The molecule has 2 aromatic heterocycles. The van der Waals surface area contributed by atoms with Crippen LogP contribution in [0.15, 0.2) is 66.0 Å². The van der Waals surface area contributed by atoms with Gasteiger partial charge < -0.3 is 10.1 Å². The molecule has 0 bridgehead atoms. The standard InChI is InChI=1S/C19H17N5OS/c1-25-15-10-8-13(9-11-15)22-17-16-18(21-12-20-17)24(23-19(16)26-2)14-6-4-3-5-7-14/h3-12H,1-2H3,(H,20,21,22). The number of benzene rings is 2. The van der Waals surface area contributed by atoms with Crippen molar-refractivity contribution >= 4 is 34.3 Å². The van der Waals surface area contributed by atoms with E-state index in [1.807, 2.05) is 65.5 Å². The number of ether oxygens (including phenoxy) is 1. The third kappa shape index (κ3) is 2.97. The Morgan fingerprint density at radius 2 is 1.77 bits per heavy atom. The molecule has 0 atom stereocenters. The molecule has 0 aliphatic rings. The zero-order valence-corrected chi connectivity index (χ0v) is 15.2. The van der Waals surface area contributed by atoms with Crippen molar-refractivity contribution in [3.63, 3.8) is 0 Å². The van der Waals surface area contributed by atoms with Gasteiger partial charge in [-0.1, -0.05) is 18.2 Å². The SMILES string of the molecule is COc1ccc(Nc2ncnc3c2c(SC)nn3-c2ccccc2)cc1. The lowest BCUT2D eigenvalue weighted by atomic mass is 10.3. The summed E-state index contributed by atoms with van der Waals surface area (Å²) in [6.45, 7) is 0. The molecule has 4 rings (SSSR count). The molecule has 4 aromatic rings. The van der Waals surface area contributed by atoms with Gasteiger partial charge in [0, 0.05) is 5.69 Å². The second-order valence-electron chi connectivity index (χ2n) is 5.53. The van der Waals surface area contributed by atoms with E-state index in [0.29, 0.717) is 0 Å². The van der Waals surface area contributed by atoms with Crippen molar-refractivity contribution in [3.05, 3.63) is 60.9 Å². The van der Waals surface area contributed by atoms with Gasteiger partial charge >= 0.3 is 0 Å². The number of hydrogen-bond donors (Lipinski definition) is 1. The molecule has 0 unspecified atom stereocenters. The molecular weight excluding hydrogens is 346 g/mol. The first kappa shape index (κ1) is 16.4. The fourth-order valence-corrected chi connectivity index (χ4v) is 3.28. The molecule has 0 radical (unpaired) electrons. The molecular formula is C19H17N5OS. The quantitative estimate of drug-likeness (QED) is 0.534. The molecule has 0 aliphatic carbocycles. The van der Waals surface area contributed by atoms with Crippen molar-refractivity contribution < 1.29 is 4.74 Å². The molecule has 0 aliphatic heterocycles. The van der Waals surface area contributed by atoms with Crippen molar-refractivity contribution in [1.29, 1.82) is 0 Å². The molecule has 2 aromatic carbocycles. The highest BCUT2D eigenvalue weighted by atomic mass is 32.2. The van der Waals surface area contributed by atoms with Gasteiger partial charge in [-0.3, -0.25) is 0 Å². The highest BCUT2D eigenvalue weighted by Crippen LogP contribution is 2.32. The van der Waals surface area contributed by atoms with Gasteiger partial charge in [0.1, 0.15) is 22.9 Å². The maximum atomic E-state index is 5.21. The van der Waals surface area contributed by atoms with E-state index in [2.05, 4.69) is 15.3 Å². The number of rotatable bonds is 5. The van der Waals surface area contributed by atoms with Crippen LogP contribution in [-0.4, -0.2) is 33.1 Å². The summed E-state index contributed by atoms with van der Waals surface area (Å²) in [5, 5.41) is 9.87. The fraction of sp³-hybridized carbons (Fsp3) is 0.105. The Morgan fingerprint density at radius 1 is 1.00 bits per heavy atom. The predicted molar refractivity (Wildman–Crippen MR) is 105 cm³/mol. The van der Waals surface area contributed by atoms with E-state index in [4.69, 9.17) is 9.84 Å². The predicted octanol–water partition coefficient (Wildman–Crippen LogP) is 4.29. The van der Waals surface area contributed by atoms with Crippen LogP contribution in [-0.2, 0) is 0 Å². The summed E-state index contributed by atoms with van der Waals surface area (Å²) < 4.78 is 7.06. The Kier molecular flexibility index (Phi) is 4.45. The normalized spacial score (nSPS) is 10.8. The number of methoxy groups -OCH3 is 1. The largest absolute Gasteiger partial charge is 0.497 e. The third-order valence-electron chi connectivity index (χ3n) is 3.98. The first-order valence-corrected chi connectivity index (χ1v) is 9.27. The first-order chi connectivity index (χ1) is 12.8. The van der Waals surface area contributed by atoms with Gasteiger partial charge in [-0.2, -0.15) is 5.10 Å². The highest BCUT2D eigenvalue weighted by Gasteiger charge is 2.17. The molecule has 0 saturated carbocycles. The number of nitrogens with one attached hydrogen (secondary N) is 1. The first-order valence-electron chi connectivity index (χ1n) is 8.04. The van der Waals surface area contributed by atoms with Crippen molar-refractivity contribution in [2.45, 2.75) is 5.03 Å². The molecule has 6 nitrogen and oxygen atoms in total. The monoisotopic (exact) mass is 363 g/mol. The molecule has 26 heavy (non-hydrogen) atoms. The average molecular weight is 363 g/mol. The Balaban J connectivity index is 1.81. The summed E-state index contributed by atoms with van der Waals surface area (Å²) in [6, 6.07) is 17.7. The van der Waals surface area contributed by atoms with Gasteiger partial charge in [-0.05, 0) is 42.7 Å². The Bertz CT molecular complexity index is 1030. The lowest BCUT2D eigenvalue weighted by Crippen LogP contribution is -1.99. The maximum Gasteiger partial charge on any atom is 0.169 e. The minimum atomic E-state index is 0.728. The molecule has 2 heterocycles. The van der Waals surface area contributed by atoms with Crippen molar-refractivity contribution in [1.82, 2.24) is 19.7 Å². The number of nitrogens with zero attached hydrogens (tertiary/aromatic N) is 4. The molecule has 130 valence electrons. The fourth-order valence-electron chi connectivity index (χ4n) is 2.72. The highest BCUT2D eigenvalue weighted by molar-refractivity contribution is 7.98. The Hall–Kier alpha value is -3.06. The molecule has 0 amide bonds. The Morgan fingerprint density at radius 3 is 2.46 bits per heavy atom. The second-order valence-corrected chi connectivity index (χ2v) is 6.33. The Labute approximate surface area is 155 Å². The topological polar surface area (TPSA) is 64.9 Å². The minimum Gasteiger partial charge on any atom is -0.497 e. The number of aromatic nitrogens is 4. The number of fused-ring (bicyclic) bond motifs is 1. The van der Waals surface area contributed by atoms with Crippen LogP contribution in [0.3, 0.4) is 0 Å². The van der Waals surface area contributed by atoms with Crippen LogP contribution in [0.25, 0.3) is 16.7 Å². The summed E-state index contributed by atoms with van der Waals surface area (Å²) in [4.78, 5) is 8.91.